The van der Waals surface area contributed by atoms with Crippen LogP contribution in [0.3, 0.4) is 0 Å². The lowest BCUT2D eigenvalue weighted by atomic mass is 10.2. The van der Waals surface area contributed by atoms with Gasteiger partial charge in [-0.25, -0.2) is 9.37 Å². The number of pyridine rings is 1. The largest absolute Gasteiger partial charge is 0.340 e. The second kappa shape index (κ2) is 4.62. The smallest absolute Gasteiger partial charge is 0.164 e. The van der Waals surface area contributed by atoms with Crippen LogP contribution in [-0.4, -0.2) is 12.0 Å². The summed E-state index contributed by atoms with van der Waals surface area (Å²) in [6.45, 7) is 0. The Balaban J connectivity index is 2.48. The predicted molar refractivity (Wildman–Crippen MR) is 63.4 cm³/mol. The molecule has 84 valence electrons. The molecule has 0 bridgehead atoms. The van der Waals surface area contributed by atoms with Gasteiger partial charge in [-0.15, -0.1) is 0 Å². The van der Waals surface area contributed by atoms with Gasteiger partial charge in [0.05, 0.1) is 11.4 Å². The molecule has 0 aliphatic heterocycles. The van der Waals surface area contributed by atoms with Crippen molar-refractivity contribution in [3.8, 4) is 6.07 Å². The summed E-state index contributed by atoms with van der Waals surface area (Å²) in [6, 6.07) is 11.9. The molecule has 0 fully saturated rings. The van der Waals surface area contributed by atoms with Gasteiger partial charge in [0.15, 0.2) is 5.69 Å². The summed E-state index contributed by atoms with van der Waals surface area (Å²) in [6.07, 6.45) is 1.54. The van der Waals surface area contributed by atoms with Gasteiger partial charge in [-0.3, -0.25) is 0 Å². The van der Waals surface area contributed by atoms with Crippen LogP contribution in [0.2, 0.25) is 0 Å². The van der Waals surface area contributed by atoms with Gasteiger partial charge in [0.2, 0.25) is 0 Å². The van der Waals surface area contributed by atoms with E-state index in [1.807, 2.05) is 6.07 Å². The van der Waals surface area contributed by atoms with Gasteiger partial charge in [-0.1, -0.05) is 12.1 Å². The SMILES string of the molecule is CN(c1ccccc1F)c1cccnc1C#N. The van der Waals surface area contributed by atoms with Crippen LogP contribution >= 0.6 is 0 Å². The van der Waals surface area contributed by atoms with Gasteiger partial charge in [0.25, 0.3) is 0 Å². The molecular weight excluding hydrogens is 217 g/mol. The Morgan fingerprint density at radius 3 is 2.59 bits per heavy atom. The van der Waals surface area contributed by atoms with Crippen LogP contribution in [0.1, 0.15) is 5.69 Å². The fourth-order valence-corrected chi connectivity index (χ4v) is 1.61. The van der Waals surface area contributed by atoms with E-state index in [2.05, 4.69) is 4.98 Å². The van der Waals surface area contributed by atoms with Crippen molar-refractivity contribution in [2.75, 3.05) is 11.9 Å². The molecule has 0 saturated heterocycles. The molecule has 0 unspecified atom stereocenters. The molecule has 2 rings (SSSR count). The van der Waals surface area contributed by atoms with Crippen LogP contribution in [0, 0.1) is 17.1 Å². The van der Waals surface area contributed by atoms with E-state index in [0.717, 1.165) is 0 Å². The minimum absolute atomic E-state index is 0.276. The highest BCUT2D eigenvalue weighted by Gasteiger charge is 2.12. The van der Waals surface area contributed by atoms with Crippen molar-refractivity contribution in [1.29, 1.82) is 5.26 Å². The Kier molecular flexibility index (Phi) is 3.01. The summed E-state index contributed by atoms with van der Waals surface area (Å²) in [5.74, 6) is -0.331. The number of nitrogens with zero attached hydrogens (tertiary/aromatic N) is 3. The molecule has 1 aromatic heterocycles. The van der Waals surface area contributed by atoms with Crippen LogP contribution in [0.15, 0.2) is 42.6 Å². The molecule has 2 aromatic rings. The molecule has 1 aromatic carbocycles. The maximum absolute atomic E-state index is 13.6. The Morgan fingerprint density at radius 1 is 1.18 bits per heavy atom. The van der Waals surface area contributed by atoms with Crippen LogP contribution in [-0.2, 0) is 0 Å². The van der Waals surface area contributed by atoms with E-state index < -0.39 is 0 Å². The number of aromatic nitrogens is 1. The number of nitriles is 1. The van der Waals surface area contributed by atoms with Gasteiger partial charge in [-0.05, 0) is 24.3 Å². The van der Waals surface area contributed by atoms with Crippen LogP contribution < -0.4 is 4.90 Å². The predicted octanol–water partition coefficient (Wildman–Crippen LogP) is 2.86. The fourth-order valence-electron chi connectivity index (χ4n) is 1.61. The number of halogens is 1. The molecule has 3 nitrogen and oxygen atoms in total. The molecule has 0 saturated carbocycles. The van der Waals surface area contributed by atoms with E-state index in [-0.39, 0.29) is 11.5 Å². The van der Waals surface area contributed by atoms with Gasteiger partial charge in [-0.2, -0.15) is 5.26 Å². The van der Waals surface area contributed by atoms with Crippen molar-refractivity contribution >= 4 is 11.4 Å². The first-order valence-corrected chi connectivity index (χ1v) is 5.07. The third-order valence-electron chi connectivity index (χ3n) is 2.47. The minimum atomic E-state index is -0.331. The molecule has 17 heavy (non-hydrogen) atoms. The van der Waals surface area contributed by atoms with E-state index in [1.54, 1.807) is 42.3 Å². The number of hydrogen-bond acceptors (Lipinski definition) is 3. The van der Waals surface area contributed by atoms with E-state index >= 15 is 0 Å². The van der Waals surface area contributed by atoms with Gasteiger partial charge in [0, 0.05) is 13.2 Å². The Morgan fingerprint density at radius 2 is 1.88 bits per heavy atom. The molecule has 0 amide bonds. The second-order valence-corrected chi connectivity index (χ2v) is 3.49. The highest BCUT2D eigenvalue weighted by atomic mass is 19.1. The van der Waals surface area contributed by atoms with E-state index in [4.69, 9.17) is 5.26 Å². The Labute approximate surface area is 98.8 Å². The van der Waals surface area contributed by atoms with E-state index in [1.165, 1.54) is 12.3 Å². The molecule has 4 heteroatoms. The molecule has 0 aliphatic carbocycles. The van der Waals surface area contributed by atoms with Crippen molar-refractivity contribution < 1.29 is 4.39 Å². The average Bonchev–Trinajstić information content (AvgIpc) is 2.38. The monoisotopic (exact) mass is 227 g/mol. The summed E-state index contributed by atoms with van der Waals surface area (Å²) in [5.41, 5.74) is 1.27. The first kappa shape index (κ1) is 11.1. The number of rotatable bonds is 2. The third kappa shape index (κ3) is 2.08. The molecule has 0 spiro atoms. The zero-order valence-corrected chi connectivity index (χ0v) is 9.26. The van der Waals surface area contributed by atoms with Crippen molar-refractivity contribution in [3.63, 3.8) is 0 Å². The summed E-state index contributed by atoms with van der Waals surface area (Å²) >= 11 is 0. The maximum Gasteiger partial charge on any atom is 0.164 e. The van der Waals surface area contributed by atoms with E-state index in [9.17, 15) is 4.39 Å². The molecule has 0 aliphatic rings. The van der Waals surface area contributed by atoms with Crippen molar-refractivity contribution in [3.05, 3.63) is 54.1 Å². The molecular formula is C13H10FN3. The van der Waals surface area contributed by atoms with Crippen molar-refractivity contribution in [2.45, 2.75) is 0 Å². The zero-order chi connectivity index (χ0) is 12.3. The van der Waals surface area contributed by atoms with Gasteiger partial charge in [0.1, 0.15) is 11.9 Å². The third-order valence-corrected chi connectivity index (χ3v) is 2.47. The summed E-state index contributed by atoms with van der Waals surface area (Å²) in [4.78, 5) is 5.56. The lowest BCUT2D eigenvalue weighted by molar-refractivity contribution is 0.627. The van der Waals surface area contributed by atoms with Crippen molar-refractivity contribution in [2.24, 2.45) is 0 Å². The molecule has 0 N–H and O–H groups in total. The Hall–Kier alpha value is -2.41. The second-order valence-electron chi connectivity index (χ2n) is 3.49. The minimum Gasteiger partial charge on any atom is -0.340 e. The highest BCUT2D eigenvalue weighted by molar-refractivity contribution is 5.67. The Bertz CT molecular complexity index is 575. The average molecular weight is 227 g/mol. The van der Waals surface area contributed by atoms with Crippen LogP contribution in [0.25, 0.3) is 0 Å². The summed E-state index contributed by atoms with van der Waals surface area (Å²) in [7, 11) is 1.70. The number of anilines is 2. The van der Waals surface area contributed by atoms with Crippen molar-refractivity contribution in [1.82, 2.24) is 4.98 Å². The number of hydrogen-bond donors (Lipinski definition) is 0. The molecule has 0 radical (unpaired) electrons. The fraction of sp³-hybridized carbons (Fsp3) is 0.0769. The topological polar surface area (TPSA) is 39.9 Å². The lowest BCUT2D eigenvalue weighted by Gasteiger charge is -2.20. The zero-order valence-electron chi connectivity index (χ0n) is 9.26. The maximum atomic E-state index is 13.6. The summed E-state index contributed by atoms with van der Waals surface area (Å²) in [5, 5.41) is 8.95. The van der Waals surface area contributed by atoms with Gasteiger partial charge < -0.3 is 4.90 Å². The summed E-state index contributed by atoms with van der Waals surface area (Å²) < 4.78 is 13.6. The lowest BCUT2D eigenvalue weighted by Crippen LogP contribution is -2.13. The normalized spacial score (nSPS) is 9.71. The number of para-hydroxylation sites is 1. The quantitative estimate of drug-likeness (QED) is 0.792. The van der Waals surface area contributed by atoms with Crippen LogP contribution in [0.4, 0.5) is 15.8 Å². The molecule has 1 heterocycles. The standard InChI is InChI=1S/C13H10FN3/c1-17(12-6-3-2-5-10(12)14)13-7-4-8-16-11(13)9-15/h2-8H,1H3. The van der Waals surface area contributed by atoms with Gasteiger partial charge >= 0.3 is 0 Å². The first-order valence-electron chi connectivity index (χ1n) is 5.07. The van der Waals surface area contributed by atoms with Crippen LogP contribution in [0.5, 0.6) is 0 Å². The van der Waals surface area contributed by atoms with E-state index in [0.29, 0.717) is 11.4 Å². The molecule has 0 atom stereocenters. The first-order chi connectivity index (χ1) is 8.24. The highest BCUT2D eigenvalue weighted by Crippen LogP contribution is 2.27. The number of benzene rings is 1.